The van der Waals surface area contributed by atoms with Gasteiger partial charge in [-0.25, -0.2) is 0 Å². The first-order valence-electron chi connectivity index (χ1n) is 5.74. The molecule has 1 heterocycles. The fourth-order valence-corrected chi connectivity index (χ4v) is 1.46. The van der Waals surface area contributed by atoms with Crippen LogP contribution in [0, 0.1) is 6.92 Å². The molecule has 0 spiro atoms. The van der Waals surface area contributed by atoms with Crippen LogP contribution in [0.5, 0.6) is 0 Å². The molecule has 0 aliphatic heterocycles. The van der Waals surface area contributed by atoms with Gasteiger partial charge in [-0.3, -0.25) is 25.4 Å². The molecule has 2 N–H and O–H groups in total. The zero-order valence-corrected chi connectivity index (χ0v) is 10.4. The highest BCUT2D eigenvalue weighted by Crippen LogP contribution is 2.02. The highest BCUT2D eigenvalue weighted by atomic mass is 16.2. The van der Waals surface area contributed by atoms with Gasteiger partial charge in [0.15, 0.2) is 0 Å². The Labute approximate surface area is 110 Å². The third-order valence-electron chi connectivity index (χ3n) is 2.53. The van der Waals surface area contributed by atoms with Crippen molar-refractivity contribution in [3.05, 3.63) is 65.5 Å². The second kappa shape index (κ2) is 5.77. The van der Waals surface area contributed by atoms with E-state index in [9.17, 15) is 9.59 Å². The van der Waals surface area contributed by atoms with Crippen LogP contribution in [0.4, 0.5) is 0 Å². The molecular formula is C14H13N3O2. The van der Waals surface area contributed by atoms with E-state index in [1.807, 2.05) is 19.1 Å². The average Bonchev–Trinajstić information content (AvgIpc) is 2.46. The summed E-state index contributed by atoms with van der Waals surface area (Å²) < 4.78 is 0. The van der Waals surface area contributed by atoms with E-state index in [2.05, 4.69) is 15.8 Å². The standard InChI is InChI=1S/C14H13N3O2/c1-10-4-6-11(7-5-10)13(18)16-17-14(19)12-3-2-8-15-9-12/h2-9H,1H3,(H,16,18)(H,17,19). The van der Waals surface area contributed by atoms with Crippen LogP contribution in [-0.2, 0) is 0 Å². The molecule has 0 aliphatic rings. The predicted octanol–water partition coefficient (Wildman–Crippen LogP) is 1.46. The number of nitrogens with zero attached hydrogens (tertiary/aromatic N) is 1. The molecule has 0 saturated carbocycles. The highest BCUT2D eigenvalue weighted by Gasteiger charge is 2.08. The molecule has 2 aromatic rings. The number of hydrazine groups is 1. The molecule has 19 heavy (non-hydrogen) atoms. The van der Waals surface area contributed by atoms with Crippen LogP contribution in [0.2, 0.25) is 0 Å². The van der Waals surface area contributed by atoms with E-state index in [-0.39, 0.29) is 5.91 Å². The van der Waals surface area contributed by atoms with Crippen molar-refractivity contribution in [3.63, 3.8) is 0 Å². The largest absolute Gasteiger partial charge is 0.271 e. The van der Waals surface area contributed by atoms with Crippen molar-refractivity contribution in [2.24, 2.45) is 0 Å². The third-order valence-corrected chi connectivity index (χ3v) is 2.53. The number of amides is 2. The van der Waals surface area contributed by atoms with Gasteiger partial charge in [-0.2, -0.15) is 0 Å². The summed E-state index contributed by atoms with van der Waals surface area (Å²) in [6.07, 6.45) is 3.00. The van der Waals surface area contributed by atoms with Gasteiger partial charge in [-0.05, 0) is 31.2 Å². The second-order valence-electron chi connectivity index (χ2n) is 4.02. The summed E-state index contributed by atoms with van der Waals surface area (Å²) in [5.41, 5.74) is 6.61. The van der Waals surface area contributed by atoms with E-state index in [0.29, 0.717) is 11.1 Å². The average molecular weight is 255 g/mol. The number of aryl methyl sites for hydroxylation is 1. The maximum absolute atomic E-state index is 11.8. The van der Waals surface area contributed by atoms with Crippen LogP contribution in [0.25, 0.3) is 0 Å². The predicted molar refractivity (Wildman–Crippen MR) is 70.3 cm³/mol. The lowest BCUT2D eigenvalue weighted by molar-refractivity contribution is 0.0846. The molecule has 0 bridgehead atoms. The van der Waals surface area contributed by atoms with Crippen molar-refractivity contribution < 1.29 is 9.59 Å². The van der Waals surface area contributed by atoms with Gasteiger partial charge in [-0.1, -0.05) is 17.7 Å². The molecule has 1 aromatic carbocycles. The topological polar surface area (TPSA) is 71.1 Å². The summed E-state index contributed by atoms with van der Waals surface area (Å²) in [6.45, 7) is 1.94. The Balaban J connectivity index is 1.94. The number of nitrogens with one attached hydrogen (secondary N) is 2. The van der Waals surface area contributed by atoms with E-state index in [4.69, 9.17) is 0 Å². The smallest absolute Gasteiger partial charge is 0.267 e. The maximum Gasteiger partial charge on any atom is 0.271 e. The molecular weight excluding hydrogens is 242 g/mol. The van der Waals surface area contributed by atoms with Gasteiger partial charge in [-0.15, -0.1) is 0 Å². The number of rotatable bonds is 2. The Hall–Kier alpha value is -2.69. The Morgan fingerprint density at radius 1 is 0.947 bits per heavy atom. The first kappa shape index (κ1) is 12.8. The molecule has 0 saturated heterocycles. The highest BCUT2D eigenvalue weighted by molar-refractivity contribution is 5.98. The molecule has 0 atom stereocenters. The molecule has 0 fully saturated rings. The fourth-order valence-electron chi connectivity index (χ4n) is 1.46. The van der Waals surface area contributed by atoms with Crippen LogP contribution in [0.15, 0.2) is 48.8 Å². The maximum atomic E-state index is 11.8. The van der Waals surface area contributed by atoms with Gasteiger partial charge < -0.3 is 0 Å². The monoisotopic (exact) mass is 255 g/mol. The number of hydrogen-bond acceptors (Lipinski definition) is 3. The summed E-state index contributed by atoms with van der Waals surface area (Å²) >= 11 is 0. The van der Waals surface area contributed by atoms with Crippen molar-refractivity contribution in [2.75, 3.05) is 0 Å². The summed E-state index contributed by atoms with van der Waals surface area (Å²) in [7, 11) is 0. The number of carbonyl (C=O) groups excluding carboxylic acids is 2. The van der Waals surface area contributed by atoms with Gasteiger partial charge in [0.25, 0.3) is 11.8 Å². The fraction of sp³-hybridized carbons (Fsp3) is 0.0714. The van der Waals surface area contributed by atoms with Crippen molar-refractivity contribution in [1.82, 2.24) is 15.8 Å². The van der Waals surface area contributed by atoms with Crippen LogP contribution in [0.1, 0.15) is 26.3 Å². The van der Waals surface area contributed by atoms with Crippen molar-refractivity contribution >= 4 is 11.8 Å². The number of pyridine rings is 1. The van der Waals surface area contributed by atoms with Gasteiger partial charge in [0.05, 0.1) is 5.56 Å². The third kappa shape index (κ3) is 3.38. The number of aromatic nitrogens is 1. The van der Waals surface area contributed by atoms with Crippen LogP contribution in [0.3, 0.4) is 0 Å². The van der Waals surface area contributed by atoms with E-state index in [1.54, 1.807) is 30.5 Å². The summed E-state index contributed by atoms with van der Waals surface area (Å²) in [5, 5.41) is 0. The molecule has 5 heteroatoms. The van der Waals surface area contributed by atoms with Gasteiger partial charge in [0.2, 0.25) is 0 Å². The van der Waals surface area contributed by atoms with E-state index in [1.165, 1.54) is 6.20 Å². The first-order chi connectivity index (χ1) is 9.16. The van der Waals surface area contributed by atoms with Crippen molar-refractivity contribution in [2.45, 2.75) is 6.92 Å². The SMILES string of the molecule is Cc1ccc(C(=O)NNC(=O)c2cccnc2)cc1. The lowest BCUT2D eigenvalue weighted by atomic mass is 10.1. The van der Waals surface area contributed by atoms with E-state index >= 15 is 0 Å². The van der Waals surface area contributed by atoms with Crippen LogP contribution >= 0.6 is 0 Å². The molecule has 2 amide bonds. The summed E-state index contributed by atoms with van der Waals surface area (Å²) in [6, 6.07) is 10.3. The first-order valence-corrected chi connectivity index (χ1v) is 5.74. The lowest BCUT2D eigenvalue weighted by Gasteiger charge is -2.07. The van der Waals surface area contributed by atoms with Crippen molar-refractivity contribution in [3.8, 4) is 0 Å². The molecule has 5 nitrogen and oxygen atoms in total. The van der Waals surface area contributed by atoms with E-state index in [0.717, 1.165) is 5.56 Å². The zero-order valence-electron chi connectivity index (χ0n) is 10.4. The molecule has 96 valence electrons. The molecule has 1 aromatic heterocycles. The number of carbonyl (C=O) groups is 2. The summed E-state index contributed by atoms with van der Waals surface area (Å²) in [4.78, 5) is 27.2. The minimum Gasteiger partial charge on any atom is -0.267 e. The van der Waals surface area contributed by atoms with Gasteiger partial charge in [0.1, 0.15) is 0 Å². The Kier molecular flexibility index (Phi) is 3.87. The van der Waals surface area contributed by atoms with Gasteiger partial charge >= 0.3 is 0 Å². The Morgan fingerprint density at radius 2 is 1.58 bits per heavy atom. The number of hydrogen-bond donors (Lipinski definition) is 2. The normalized spacial score (nSPS) is 9.74. The van der Waals surface area contributed by atoms with Crippen LogP contribution in [-0.4, -0.2) is 16.8 Å². The molecule has 0 radical (unpaired) electrons. The molecule has 0 unspecified atom stereocenters. The van der Waals surface area contributed by atoms with E-state index < -0.39 is 5.91 Å². The minimum atomic E-state index is -0.409. The molecule has 2 rings (SSSR count). The Bertz CT molecular complexity index is 579. The lowest BCUT2D eigenvalue weighted by Crippen LogP contribution is -2.41. The van der Waals surface area contributed by atoms with Crippen LogP contribution < -0.4 is 10.9 Å². The quantitative estimate of drug-likeness (QED) is 0.798. The number of benzene rings is 1. The zero-order chi connectivity index (χ0) is 13.7. The minimum absolute atomic E-state index is 0.364. The Morgan fingerprint density at radius 3 is 2.16 bits per heavy atom. The molecule has 0 aliphatic carbocycles. The second-order valence-corrected chi connectivity index (χ2v) is 4.02. The van der Waals surface area contributed by atoms with Crippen molar-refractivity contribution in [1.29, 1.82) is 0 Å². The summed E-state index contributed by atoms with van der Waals surface area (Å²) in [5.74, 6) is -0.772. The van der Waals surface area contributed by atoms with Gasteiger partial charge in [0, 0.05) is 18.0 Å².